The molecule has 3 heteroatoms. The van der Waals surface area contributed by atoms with E-state index in [2.05, 4.69) is 23.6 Å². The Hall–Kier alpha value is -0.120. The van der Waals surface area contributed by atoms with Crippen LogP contribution in [0, 0.1) is 5.92 Å². The summed E-state index contributed by atoms with van der Waals surface area (Å²) in [6.45, 7) is 11.7. The first-order valence-corrected chi connectivity index (χ1v) is 8.85. The Morgan fingerprint density at radius 1 is 0.850 bits per heavy atom. The molecule has 0 spiro atoms. The molecule has 1 N–H and O–H groups in total. The summed E-state index contributed by atoms with van der Waals surface area (Å²) in [6.07, 6.45) is 9.69. The SMILES string of the molecule is CCCCCC(CCCC)CN1CCN(CCO)CC1. The van der Waals surface area contributed by atoms with Crippen LogP contribution in [0.3, 0.4) is 0 Å². The van der Waals surface area contributed by atoms with Crippen LogP contribution < -0.4 is 0 Å². The van der Waals surface area contributed by atoms with E-state index in [1.165, 1.54) is 64.6 Å². The lowest BCUT2D eigenvalue weighted by atomic mass is 9.94. The van der Waals surface area contributed by atoms with Crippen molar-refractivity contribution in [3.05, 3.63) is 0 Å². The third-order valence-electron chi connectivity index (χ3n) is 4.58. The van der Waals surface area contributed by atoms with E-state index in [9.17, 15) is 0 Å². The van der Waals surface area contributed by atoms with Gasteiger partial charge < -0.3 is 10.0 Å². The summed E-state index contributed by atoms with van der Waals surface area (Å²) in [4.78, 5) is 5.04. The Balaban J connectivity index is 2.25. The maximum Gasteiger partial charge on any atom is 0.0558 e. The summed E-state index contributed by atoms with van der Waals surface area (Å²) in [6, 6.07) is 0. The van der Waals surface area contributed by atoms with Crippen molar-refractivity contribution in [2.45, 2.75) is 58.8 Å². The zero-order valence-electron chi connectivity index (χ0n) is 13.8. The van der Waals surface area contributed by atoms with Crippen LogP contribution >= 0.6 is 0 Å². The van der Waals surface area contributed by atoms with Crippen molar-refractivity contribution in [1.29, 1.82) is 0 Å². The van der Waals surface area contributed by atoms with Crippen LogP contribution in [0.25, 0.3) is 0 Å². The van der Waals surface area contributed by atoms with Gasteiger partial charge in [0.15, 0.2) is 0 Å². The van der Waals surface area contributed by atoms with Crippen molar-refractivity contribution in [2.24, 2.45) is 5.92 Å². The molecule has 0 radical (unpaired) electrons. The normalized spacial score (nSPS) is 19.4. The smallest absolute Gasteiger partial charge is 0.0558 e. The zero-order chi connectivity index (χ0) is 14.6. The van der Waals surface area contributed by atoms with Gasteiger partial charge in [0.25, 0.3) is 0 Å². The number of nitrogens with zero attached hydrogens (tertiary/aromatic N) is 2. The largest absolute Gasteiger partial charge is 0.395 e. The highest BCUT2D eigenvalue weighted by Gasteiger charge is 2.19. The Morgan fingerprint density at radius 2 is 1.45 bits per heavy atom. The number of unbranched alkanes of at least 4 members (excludes halogenated alkanes) is 3. The fourth-order valence-electron chi connectivity index (χ4n) is 3.20. The van der Waals surface area contributed by atoms with Gasteiger partial charge in [-0.05, 0) is 18.8 Å². The van der Waals surface area contributed by atoms with Gasteiger partial charge in [-0.2, -0.15) is 0 Å². The van der Waals surface area contributed by atoms with Gasteiger partial charge >= 0.3 is 0 Å². The molecule has 1 heterocycles. The van der Waals surface area contributed by atoms with Crippen molar-refractivity contribution in [1.82, 2.24) is 9.80 Å². The third kappa shape index (κ3) is 7.61. The molecule has 0 aromatic carbocycles. The molecule has 1 rings (SSSR count). The average molecular weight is 284 g/mol. The van der Waals surface area contributed by atoms with E-state index >= 15 is 0 Å². The Morgan fingerprint density at radius 3 is 2.05 bits per heavy atom. The van der Waals surface area contributed by atoms with Gasteiger partial charge in [-0.3, -0.25) is 4.90 Å². The number of hydrogen-bond acceptors (Lipinski definition) is 3. The van der Waals surface area contributed by atoms with Crippen LogP contribution in [0.1, 0.15) is 58.8 Å². The van der Waals surface area contributed by atoms with Crippen LogP contribution in [0.5, 0.6) is 0 Å². The van der Waals surface area contributed by atoms with Crippen LogP contribution in [0.15, 0.2) is 0 Å². The molecule has 3 nitrogen and oxygen atoms in total. The lowest BCUT2D eigenvalue weighted by Gasteiger charge is -2.36. The number of aliphatic hydroxyl groups excluding tert-OH is 1. The summed E-state index contributed by atoms with van der Waals surface area (Å²) in [5, 5.41) is 8.99. The minimum atomic E-state index is 0.302. The second-order valence-electron chi connectivity index (χ2n) is 6.37. The quantitative estimate of drug-likeness (QED) is 0.591. The van der Waals surface area contributed by atoms with E-state index in [-0.39, 0.29) is 0 Å². The van der Waals surface area contributed by atoms with Gasteiger partial charge in [0.2, 0.25) is 0 Å². The van der Waals surface area contributed by atoms with Gasteiger partial charge in [-0.1, -0.05) is 46.0 Å². The number of rotatable bonds is 11. The maximum absolute atomic E-state index is 8.99. The molecule has 0 aromatic rings. The van der Waals surface area contributed by atoms with Gasteiger partial charge in [0, 0.05) is 39.3 Å². The summed E-state index contributed by atoms with van der Waals surface area (Å²) in [5.41, 5.74) is 0. The molecule has 0 saturated carbocycles. The molecule has 1 aliphatic heterocycles. The van der Waals surface area contributed by atoms with Gasteiger partial charge in [-0.15, -0.1) is 0 Å². The summed E-state index contributed by atoms with van der Waals surface area (Å²) in [7, 11) is 0. The Labute approximate surface area is 126 Å². The highest BCUT2D eigenvalue weighted by Crippen LogP contribution is 2.19. The monoisotopic (exact) mass is 284 g/mol. The molecule has 0 bridgehead atoms. The van der Waals surface area contributed by atoms with Crippen LogP contribution in [0.2, 0.25) is 0 Å². The number of aliphatic hydroxyl groups is 1. The molecular weight excluding hydrogens is 248 g/mol. The van der Waals surface area contributed by atoms with E-state index < -0.39 is 0 Å². The highest BCUT2D eigenvalue weighted by atomic mass is 16.3. The standard InChI is InChI=1S/C17H36N2O/c1-3-5-7-9-17(8-6-4-2)16-19-12-10-18(11-13-19)14-15-20/h17,20H,3-16H2,1-2H3. The minimum absolute atomic E-state index is 0.302. The third-order valence-corrected chi connectivity index (χ3v) is 4.58. The topological polar surface area (TPSA) is 26.7 Å². The van der Waals surface area contributed by atoms with Crippen molar-refractivity contribution < 1.29 is 5.11 Å². The maximum atomic E-state index is 8.99. The second-order valence-corrected chi connectivity index (χ2v) is 6.37. The molecule has 1 fully saturated rings. The van der Waals surface area contributed by atoms with E-state index in [0.29, 0.717) is 6.61 Å². The molecule has 0 aliphatic carbocycles. The summed E-state index contributed by atoms with van der Waals surface area (Å²) >= 11 is 0. The van der Waals surface area contributed by atoms with Crippen LogP contribution in [-0.4, -0.2) is 60.8 Å². The first-order valence-electron chi connectivity index (χ1n) is 8.85. The molecule has 0 amide bonds. The van der Waals surface area contributed by atoms with Crippen LogP contribution in [-0.2, 0) is 0 Å². The summed E-state index contributed by atoms with van der Waals surface area (Å²) < 4.78 is 0. The number of β-amino-alcohol motifs (C(OH)–C–C–N with tert-alkyl or cyclic N) is 1. The molecule has 20 heavy (non-hydrogen) atoms. The average Bonchev–Trinajstić information content (AvgIpc) is 2.47. The van der Waals surface area contributed by atoms with Gasteiger partial charge in [0.1, 0.15) is 0 Å². The molecule has 1 atom stereocenters. The zero-order valence-corrected chi connectivity index (χ0v) is 13.8. The molecule has 1 aliphatic rings. The minimum Gasteiger partial charge on any atom is -0.395 e. The molecule has 120 valence electrons. The first-order chi connectivity index (χ1) is 9.80. The second kappa shape index (κ2) is 11.5. The van der Waals surface area contributed by atoms with Crippen molar-refractivity contribution in [3.8, 4) is 0 Å². The van der Waals surface area contributed by atoms with Crippen molar-refractivity contribution >= 4 is 0 Å². The molecule has 1 saturated heterocycles. The van der Waals surface area contributed by atoms with Crippen molar-refractivity contribution in [2.75, 3.05) is 45.9 Å². The number of hydrogen-bond donors (Lipinski definition) is 1. The van der Waals surface area contributed by atoms with Gasteiger partial charge in [-0.25, -0.2) is 0 Å². The van der Waals surface area contributed by atoms with Crippen LogP contribution in [0.4, 0.5) is 0 Å². The Kier molecular flexibility index (Phi) is 10.3. The fourth-order valence-corrected chi connectivity index (χ4v) is 3.20. The van der Waals surface area contributed by atoms with Gasteiger partial charge in [0.05, 0.1) is 6.61 Å². The van der Waals surface area contributed by atoms with Crippen molar-refractivity contribution in [3.63, 3.8) is 0 Å². The van der Waals surface area contributed by atoms with E-state index in [0.717, 1.165) is 25.6 Å². The number of piperazine rings is 1. The lowest BCUT2D eigenvalue weighted by molar-refractivity contribution is 0.0982. The summed E-state index contributed by atoms with van der Waals surface area (Å²) in [5.74, 6) is 0.908. The highest BCUT2D eigenvalue weighted by molar-refractivity contribution is 4.74. The van der Waals surface area contributed by atoms with E-state index in [1.54, 1.807) is 0 Å². The molecule has 1 unspecified atom stereocenters. The lowest BCUT2D eigenvalue weighted by Crippen LogP contribution is -2.48. The predicted molar refractivity (Wildman–Crippen MR) is 87.1 cm³/mol. The molecule has 0 aromatic heterocycles. The fraction of sp³-hybridized carbons (Fsp3) is 1.00. The Bertz CT molecular complexity index is 215. The van der Waals surface area contributed by atoms with E-state index in [1.807, 2.05) is 0 Å². The van der Waals surface area contributed by atoms with E-state index in [4.69, 9.17) is 5.11 Å². The predicted octanol–water partition coefficient (Wildman–Crippen LogP) is 2.98. The molecular formula is C17H36N2O. The first kappa shape index (κ1) is 17.9.